The molecule has 0 radical (unpaired) electrons. The van der Waals surface area contributed by atoms with E-state index in [-0.39, 0.29) is 18.6 Å². The third-order valence-corrected chi connectivity index (χ3v) is 3.01. The maximum Gasteiger partial charge on any atom is 0.258 e. The van der Waals surface area contributed by atoms with Crippen LogP contribution in [0.1, 0.15) is 12.5 Å². The molecular weight excluding hydrogens is 308 g/mol. The summed E-state index contributed by atoms with van der Waals surface area (Å²) in [5.41, 5.74) is 6.79. The van der Waals surface area contributed by atoms with Crippen molar-refractivity contribution >= 4 is 21.8 Å². The van der Waals surface area contributed by atoms with Gasteiger partial charge in [0, 0.05) is 12.6 Å². The van der Waals surface area contributed by atoms with E-state index in [0.717, 1.165) is 10.0 Å². The minimum atomic E-state index is -0.178. The predicted octanol–water partition coefficient (Wildman–Crippen LogP) is 2.02. The maximum atomic E-state index is 11.5. The number of para-hydroxylation sites is 1. The minimum absolute atomic E-state index is 0.0254. The van der Waals surface area contributed by atoms with Crippen molar-refractivity contribution in [1.29, 1.82) is 0 Å². The van der Waals surface area contributed by atoms with Crippen LogP contribution in [0, 0.1) is 0 Å². The van der Waals surface area contributed by atoms with Crippen LogP contribution >= 0.6 is 15.9 Å². The van der Waals surface area contributed by atoms with E-state index in [4.69, 9.17) is 10.5 Å². The summed E-state index contributed by atoms with van der Waals surface area (Å²) in [4.78, 5) is 11.5. The number of amides is 1. The Morgan fingerprint density at radius 3 is 3.00 bits per heavy atom. The van der Waals surface area contributed by atoms with Gasteiger partial charge in [0.1, 0.15) is 5.75 Å². The van der Waals surface area contributed by atoms with E-state index in [1.54, 1.807) is 6.08 Å². The zero-order valence-corrected chi connectivity index (χ0v) is 12.6. The van der Waals surface area contributed by atoms with Gasteiger partial charge in [-0.25, -0.2) is 0 Å². The van der Waals surface area contributed by atoms with Crippen LogP contribution in [0.15, 0.2) is 35.3 Å². The number of rotatable bonds is 7. The molecule has 0 fully saturated rings. The molecule has 1 rings (SSSR count). The lowest BCUT2D eigenvalue weighted by Crippen LogP contribution is -2.29. The summed E-state index contributed by atoms with van der Waals surface area (Å²) in [6, 6.07) is 5.78. The van der Waals surface area contributed by atoms with E-state index < -0.39 is 0 Å². The van der Waals surface area contributed by atoms with Gasteiger partial charge >= 0.3 is 0 Å². The lowest BCUT2D eigenvalue weighted by molar-refractivity contribution is -0.122. The summed E-state index contributed by atoms with van der Waals surface area (Å²) < 4.78 is 6.40. The molecule has 0 spiro atoms. The van der Waals surface area contributed by atoms with Crippen molar-refractivity contribution in [1.82, 2.24) is 5.32 Å². The van der Waals surface area contributed by atoms with Gasteiger partial charge in [-0.15, -0.1) is 6.58 Å². The topological polar surface area (TPSA) is 64.3 Å². The second kappa shape index (κ2) is 7.96. The zero-order chi connectivity index (χ0) is 14.3. The Bertz CT molecular complexity index is 447. The SMILES string of the molecule is C=CCNC(=O)COc1c(Br)cccc1CC(C)N. The summed E-state index contributed by atoms with van der Waals surface area (Å²) in [6.45, 7) is 5.88. The summed E-state index contributed by atoms with van der Waals surface area (Å²) in [5.74, 6) is 0.496. The monoisotopic (exact) mass is 326 g/mol. The molecule has 1 unspecified atom stereocenters. The van der Waals surface area contributed by atoms with Gasteiger partial charge in [-0.1, -0.05) is 18.2 Å². The molecule has 0 aliphatic rings. The molecule has 5 heteroatoms. The lowest BCUT2D eigenvalue weighted by Gasteiger charge is -2.14. The van der Waals surface area contributed by atoms with E-state index in [1.165, 1.54) is 0 Å². The highest BCUT2D eigenvalue weighted by Crippen LogP contribution is 2.29. The Morgan fingerprint density at radius 1 is 1.63 bits per heavy atom. The van der Waals surface area contributed by atoms with Crippen LogP contribution in [-0.4, -0.2) is 25.1 Å². The molecule has 0 aromatic heterocycles. The van der Waals surface area contributed by atoms with Crippen molar-refractivity contribution in [3.63, 3.8) is 0 Å². The molecule has 1 aromatic carbocycles. The number of carbonyl (C=O) groups is 1. The number of nitrogens with two attached hydrogens (primary N) is 1. The fraction of sp³-hybridized carbons (Fsp3) is 0.357. The Balaban J connectivity index is 2.70. The first-order valence-electron chi connectivity index (χ1n) is 6.08. The number of hydrogen-bond acceptors (Lipinski definition) is 3. The summed E-state index contributed by atoms with van der Waals surface area (Å²) >= 11 is 3.43. The molecule has 0 bridgehead atoms. The number of nitrogens with one attached hydrogen (secondary N) is 1. The van der Waals surface area contributed by atoms with E-state index in [9.17, 15) is 4.79 Å². The second-order valence-electron chi connectivity index (χ2n) is 4.29. The van der Waals surface area contributed by atoms with Gasteiger partial charge in [-0.2, -0.15) is 0 Å². The molecule has 1 aromatic rings. The molecule has 1 atom stereocenters. The Labute approximate surface area is 122 Å². The molecule has 0 heterocycles. The van der Waals surface area contributed by atoms with Gasteiger partial charge < -0.3 is 15.8 Å². The number of halogens is 1. The fourth-order valence-corrected chi connectivity index (χ4v) is 2.12. The van der Waals surface area contributed by atoms with Gasteiger partial charge in [0.15, 0.2) is 6.61 Å². The number of carbonyl (C=O) groups excluding carboxylic acids is 1. The first kappa shape index (κ1) is 15.7. The van der Waals surface area contributed by atoms with Gasteiger partial charge in [-0.05, 0) is 40.9 Å². The lowest BCUT2D eigenvalue weighted by atomic mass is 10.1. The van der Waals surface area contributed by atoms with Crippen LogP contribution in [0.4, 0.5) is 0 Å². The molecule has 4 nitrogen and oxygen atoms in total. The smallest absolute Gasteiger partial charge is 0.258 e. The fourth-order valence-electron chi connectivity index (χ4n) is 1.60. The molecule has 0 saturated heterocycles. The highest BCUT2D eigenvalue weighted by atomic mass is 79.9. The first-order valence-corrected chi connectivity index (χ1v) is 6.87. The number of hydrogen-bond donors (Lipinski definition) is 2. The number of ether oxygens (including phenoxy) is 1. The third-order valence-electron chi connectivity index (χ3n) is 2.38. The standard InChI is InChI=1S/C14H19BrN2O2/c1-3-7-17-13(18)9-19-14-11(8-10(2)16)5-4-6-12(14)15/h3-6,10H,1,7-9,16H2,2H3,(H,17,18). The van der Waals surface area contributed by atoms with Crippen molar-refractivity contribution in [2.75, 3.05) is 13.2 Å². The molecule has 1 amide bonds. The van der Waals surface area contributed by atoms with E-state index in [2.05, 4.69) is 27.8 Å². The Hall–Kier alpha value is -1.33. The van der Waals surface area contributed by atoms with Gasteiger partial charge in [-0.3, -0.25) is 4.79 Å². The second-order valence-corrected chi connectivity index (χ2v) is 5.15. The molecular formula is C14H19BrN2O2. The van der Waals surface area contributed by atoms with Crippen molar-refractivity contribution in [3.8, 4) is 5.75 Å². The van der Waals surface area contributed by atoms with Crippen LogP contribution in [0.3, 0.4) is 0 Å². The molecule has 0 aliphatic heterocycles. The quantitative estimate of drug-likeness (QED) is 0.753. The van der Waals surface area contributed by atoms with Crippen LogP contribution in [-0.2, 0) is 11.2 Å². The van der Waals surface area contributed by atoms with Crippen molar-refractivity contribution in [2.45, 2.75) is 19.4 Å². The van der Waals surface area contributed by atoms with Crippen molar-refractivity contribution < 1.29 is 9.53 Å². The van der Waals surface area contributed by atoms with Gasteiger partial charge in [0.2, 0.25) is 0 Å². The van der Waals surface area contributed by atoms with Crippen LogP contribution < -0.4 is 15.8 Å². The van der Waals surface area contributed by atoms with Crippen LogP contribution in [0.25, 0.3) is 0 Å². The Morgan fingerprint density at radius 2 is 2.37 bits per heavy atom. The average molecular weight is 327 g/mol. The largest absolute Gasteiger partial charge is 0.482 e. The highest BCUT2D eigenvalue weighted by Gasteiger charge is 2.11. The third kappa shape index (κ3) is 5.44. The van der Waals surface area contributed by atoms with Crippen LogP contribution in [0.2, 0.25) is 0 Å². The average Bonchev–Trinajstić information content (AvgIpc) is 2.35. The number of benzene rings is 1. The van der Waals surface area contributed by atoms with Crippen LogP contribution in [0.5, 0.6) is 5.75 Å². The van der Waals surface area contributed by atoms with Crippen molar-refractivity contribution in [3.05, 3.63) is 40.9 Å². The normalized spacial score (nSPS) is 11.7. The highest BCUT2D eigenvalue weighted by molar-refractivity contribution is 9.10. The summed E-state index contributed by atoms with van der Waals surface area (Å²) in [5, 5.41) is 2.66. The molecule has 0 aliphatic carbocycles. The van der Waals surface area contributed by atoms with E-state index in [0.29, 0.717) is 18.7 Å². The van der Waals surface area contributed by atoms with Crippen molar-refractivity contribution in [2.24, 2.45) is 5.73 Å². The van der Waals surface area contributed by atoms with Gasteiger partial charge in [0.25, 0.3) is 5.91 Å². The van der Waals surface area contributed by atoms with Gasteiger partial charge in [0.05, 0.1) is 4.47 Å². The zero-order valence-electron chi connectivity index (χ0n) is 11.0. The van der Waals surface area contributed by atoms with E-state index in [1.807, 2.05) is 25.1 Å². The molecule has 104 valence electrons. The molecule has 19 heavy (non-hydrogen) atoms. The minimum Gasteiger partial charge on any atom is -0.482 e. The molecule has 3 N–H and O–H groups in total. The summed E-state index contributed by atoms with van der Waals surface area (Å²) in [7, 11) is 0. The first-order chi connectivity index (χ1) is 9.04. The predicted molar refractivity (Wildman–Crippen MR) is 80.2 cm³/mol. The van der Waals surface area contributed by atoms with E-state index >= 15 is 0 Å². The Kier molecular flexibility index (Phi) is 6.59. The summed E-state index contributed by atoms with van der Waals surface area (Å²) in [6.07, 6.45) is 2.32. The maximum absolute atomic E-state index is 11.5. The molecule has 0 saturated carbocycles.